The molecular formula is C16H14ClFO2. The van der Waals surface area contributed by atoms with Gasteiger partial charge in [0.25, 0.3) is 0 Å². The fourth-order valence-corrected chi connectivity index (χ4v) is 2.21. The van der Waals surface area contributed by atoms with E-state index in [0.717, 1.165) is 5.56 Å². The zero-order valence-electron chi connectivity index (χ0n) is 11.2. The minimum absolute atomic E-state index is 0.0439. The van der Waals surface area contributed by atoms with E-state index >= 15 is 0 Å². The van der Waals surface area contributed by atoms with E-state index in [2.05, 4.69) is 0 Å². The van der Waals surface area contributed by atoms with Crippen LogP contribution in [0.5, 0.6) is 5.75 Å². The monoisotopic (exact) mass is 292 g/mol. The lowest BCUT2D eigenvalue weighted by Crippen LogP contribution is -2.07. The van der Waals surface area contributed by atoms with Gasteiger partial charge in [0.15, 0.2) is 5.78 Å². The molecule has 4 heteroatoms. The van der Waals surface area contributed by atoms with Gasteiger partial charge in [-0.1, -0.05) is 23.7 Å². The first-order chi connectivity index (χ1) is 9.51. The van der Waals surface area contributed by atoms with Gasteiger partial charge in [0.2, 0.25) is 0 Å². The Morgan fingerprint density at radius 2 is 2.00 bits per heavy atom. The molecule has 2 aromatic carbocycles. The zero-order chi connectivity index (χ0) is 14.7. The molecule has 104 valence electrons. The molecule has 2 nitrogen and oxygen atoms in total. The summed E-state index contributed by atoms with van der Waals surface area (Å²) in [6, 6.07) is 9.64. The smallest absolute Gasteiger partial charge is 0.170 e. The Kier molecular flexibility index (Phi) is 4.40. The molecule has 2 aromatic rings. The van der Waals surface area contributed by atoms with Crippen LogP contribution in [-0.4, -0.2) is 12.9 Å². The number of benzene rings is 2. The van der Waals surface area contributed by atoms with Gasteiger partial charge in [0, 0.05) is 17.5 Å². The zero-order valence-corrected chi connectivity index (χ0v) is 12.0. The number of carbonyl (C=O) groups is 1. The molecule has 0 aliphatic carbocycles. The molecule has 0 saturated heterocycles. The van der Waals surface area contributed by atoms with Crippen LogP contribution in [0, 0.1) is 12.7 Å². The van der Waals surface area contributed by atoms with E-state index in [9.17, 15) is 9.18 Å². The molecule has 2 rings (SSSR count). The molecule has 0 atom stereocenters. The fourth-order valence-electron chi connectivity index (χ4n) is 1.91. The van der Waals surface area contributed by atoms with Crippen molar-refractivity contribution in [1.29, 1.82) is 0 Å². The number of hydrogen-bond acceptors (Lipinski definition) is 2. The van der Waals surface area contributed by atoms with Gasteiger partial charge in [-0.15, -0.1) is 0 Å². The van der Waals surface area contributed by atoms with E-state index < -0.39 is 5.82 Å². The highest BCUT2D eigenvalue weighted by atomic mass is 35.5. The van der Waals surface area contributed by atoms with Crippen molar-refractivity contribution in [2.45, 2.75) is 13.3 Å². The molecule has 0 heterocycles. The van der Waals surface area contributed by atoms with Crippen LogP contribution in [0.1, 0.15) is 21.5 Å². The summed E-state index contributed by atoms with van der Waals surface area (Å²) in [6.45, 7) is 1.92. The molecule has 0 N–H and O–H groups in total. The molecular weight excluding hydrogens is 279 g/mol. The summed E-state index contributed by atoms with van der Waals surface area (Å²) in [5, 5.41) is 0.521. The van der Waals surface area contributed by atoms with E-state index in [0.29, 0.717) is 16.3 Å². The summed E-state index contributed by atoms with van der Waals surface area (Å²) in [5.74, 6) is -0.513. The Hall–Kier alpha value is -1.87. The fraction of sp³-hybridized carbons (Fsp3) is 0.188. The lowest BCUT2D eigenvalue weighted by Gasteiger charge is -2.07. The van der Waals surface area contributed by atoms with E-state index in [4.69, 9.17) is 16.3 Å². The second-order valence-electron chi connectivity index (χ2n) is 4.54. The molecule has 0 unspecified atom stereocenters. The largest absolute Gasteiger partial charge is 0.497 e. The Bertz CT molecular complexity index is 653. The van der Waals surface area contributed by atoms with Crippen LogP contribution >= 0.6 is 11.6 Å². The predicted molar refractivity (Wildman–Crippen MR) is 77.2 cm³/mol. The Labute approximate surface area is 122 Å². The molecule has 0 amide bonds. The molecule has 0 radical (unpaired) electrons. The van der Waals surface area contributed by atoms with E-state index in [1.165, 1.54) is 19.2 Å². The van der Waals surface area contributed by atoms with Gasteiger partial charge in [0.05, 0.1) is 12.7 Å². The van der Waals surface area contributed by atoms with Crippen molar-refractivity contribution in [3.05, 3.63) is 63.9 Å². The van der Waals surface area contributed by atoms with Gasteiger partial charge in [-0.25, -0.2) is 4.39 Å². The summed E-state index contributed by atoms with van der Waals surface area (Å²) in [7, 11) is 1.45. The van der Waals surface area contributed by atoms with Crippen LogP contribution in [0.15, 0.2) is 36.4 Å². The van der Waals surface area contributed by atoms with E-state index in [-0.39, 0.29) is 17.8 Å². The molecule has 0 saturated carbocycles. The quantitative estimate of drug-likeness (QED) is 0.789. The average Bonchev–Trinajstić information content (AvgIpc) is 2.41. The van der Waals surface area contributed by atoms with Crippen LogP contribution in [0.3, 0.4) is 0 Å². The summed E-state index contributed by atoms with van der Waals surface area (Å²) < 4.78 is 18.7. The predicted octanol–water partition coefficient (Wildman–Crippen LogP) is 4.22. The topological polar surface area (TPSA) is 26.3 Å². The maximum Gasteiger partial charge on any atom is 0.170 e. The summed E-state index contributed by atoms with van der Waals surface area (Å²) in [5.41, 5.74) is 1.75. The normalized spacial score (nSPS) is 10.4. The first-order valence-electron chi connectivity index (χ1n) is 6.13. The van der Waals surface area contributed by atoms with Gasteiger partial charge in [0.1, 0.15) is 11.6 Å². The molecule has 0 fully saturated rings. The van der Waals surface area contributed by atoms with Gasteiger partial charge in [-0.05, 0) is 36.2 Å². The third-order valence-corrected chi connectivity index (χ3v) is 3.39. The number of Topliss-reactive ketones (excluding diaryl/α,β-unsaturated/α-hetero) is 1. The van der Waals surface area contributed by atoms with Crippen LogP contribution in [0.2, 0.25) is 5.02 Å². The Morgan fingerprint density at radius 1 is 1.25 bits per heavy atom. The summed E-state index contributed by atoms with van der Waals surface area (Å²) in [6.07, 6.45) is 0.0718. The van der Waals surface area contributed by atoms with Crippen LogP contribution in [-0.2, 0) is 6.42 Å². The van der Waals surface area contributed by atoms with Crippen LogP contribution < -0.4 is 4.74 Å². The van der Waals surface area contributed by atoms with Crippen molar-refractivity contribution < 1.29 is 13.9 Å². The molecule has 0 aliphatic heterocycles. The molecule has 0 aromatic heterocycles. The number of halogens is 2. The Balaban J connectivity index is 2.24. The number of carbonyl (C=O) groups excluding carboxylic acids is 1. The lowest BCUT2D eigenvalue weighted by molar-refractivity contribution is 0.0989. The maximum absolute atomic E-state index is 13.8. The van der Waals surface area contributed by atoms with Crippen molar-refractivity contribution in [3.63, 3.8) is 0 Å². The Morgan fingerprint density at radius 3 is 2.60 bits per heavy atom. The molecule has 0 aliphatic rings. The van der Waals surface area contributed by atoms with E-state index in [1.54, 1.807) is 18.2 Å². The maximum atomic E-state index is 13.8. The second-order valence-corrected chi connectivity index (χ2v) is 4.95. The van der Waals surface area contributed by atoms with Gasteiger partial charge < -0.3 is 4.74 Å². The second kappa shape index (κ2) is 6.06. The molecule has 0 bridgehead atoms. The number of methoxy groups -OCH3 is 1. The first kappa shape index (κ1) is 14.5. The van der Waals surface area contributed by atoms with Crippen LogP contribution in [0.25, 0.3) is 0 Å². The highest BCUT2D eigenvalue weighted by molar-refractivity contribution is 6.31. The summed E-state index contributed by atoms with van der Waals surface area (Å²) >= 11 is 6.08. The molecule has 20 heavy (non-hydrogen) atoms. The number of hydrogen-bond donors (Lipinski definition) is 0. The standard InChI is InChI=1S/C16H14ClFO2/c1-10-3-4-11(14(17)7-10)8-16(19)13-6-5-12(20-2)9-15(13)18/h3-7,9H,8H2,1-2H3. The van der Waals surface area contributed by atoms with Crippen molar-refractivity contribution in [3.8, 4) is 5.75 Å². The van der Waals surface area contributed by atoms with Crippen LogP contribution in [0.4, 0.5) is 4.39 Å². The third-order valence-electron chi connectivity index (χ3n) is 3.04. The van der Waals surface area contributed by atoms with Crippen molar-refractivity contribution in [1.82, 2.24) is 0 Å². The first-order valence-corrected chi connectivity index (χ1v) is 6.51. The van der Waals surface area contributed by atoms with Crippen molar-refractivity contribution >= 4 is 17.4 Å². The average molecular weight is 293 g/mol. The highest BCUT2D eigenvalue weighted by Crippen LogP contribution is 2.22. The number of aryl methyl sites for hydroxylation is 1. The van der Waals surface area contributed by atoms with Gasteiger partial charge >= 0.3 is 0 Å². The molecule has 0 spiro atoms. The number of ether oxygens (including phenoxy) is 1. The lowest BCUT2D eigenvalue weighted by atomic mass is 10.0. The van der Waals surface area contributed by atoms with Crippen molar-refractivity contribution in [2.24, 2.45) is 0 Å². The SMILES string of the molecule is COc1ccc(C(=O)Cc2ccc(C)cc2Cl)c(F)c1. The third kappa shape index (κ3) is 3.17. The van der Waals surface area contributed by atoms with Crippen molar-refractivity contribution in [2.75, 3.05) is 7.11 Å². The van der Waals surface area contributed by atoms with Gasteiger partial charge in [-0.3, -0.25) is 4.79 Å². The summed E-state index contributed by atoms with van der Waals surface area (Å²) in [4.78, 5) is 12.1. The van der Waals surface area contributed by atoms with Gasteiger partial charge in [-0.2, -0.15) is 0 Å². The minimum atomic E-state index is -0.586. The number of rotatable bonds is 4. The highest BCUT2D eigenvalue weighted by Gasteiger charge is 2.14. The number of ketones is 1. The van der Waals surface area contributed by atoms with E-state index in [1.807, 2.05) is 13.0 Å². The minimum Gasteiger partial charge on any atom is -0.497 e.